The maximum Gasteiger partial charge on any atom is 0.111 e. The van der Waals surface area contributed by atoms with Crippen molar-refractivity contribution in [3.8, 4) is 16.8 Å². The molecule has 3 heteroatoms. The molecule has 1 aliphatic carbocycles. The maximum atomic E-state index is 5.47. The van der Waals surface area contributed by atoms with Gasteiger partial charge in [0.05, 0.1) is 27.8 Å². The Bertz CT molecular complexity index is 3170. The summed E-state index contributed by atoms with van der Waals surface area (Å²) in [6.45, 7) is 6.86. The highest BCUT2D eigenvalue weighted by Crippen LogP contribution is 2.50. The smallest absolute Gasteiger partial charge is 0.111 e. The Balaban J connectivity index is 1.09. The van der Waals surface area contributed by atoms with Crippen molar-refractivity contribution in [3.63, 3.8) is 0 Å². The summed E-state index contributed by atoms with van der Waals surface area (Å²) in [5.41, 5.74) is 15.0. The molecule has 10 aromatic rings. The SMILES string of the molecule is CC(=Nc1ccccc1Cc1cccc2c1-c1ccccc1C2(C)C)n1c2ccc(-n3c4ccccc4c4ccccc43)cc2c2c3ccccc3ccc21. The van der Waals surface area contributed by atoms with Crippen LogP contribution in [0.15, 0.2) is 175 Å². The van der Waals surface area contributed by atoms with Crippen LogP contribution in [0.25, 0.3) is 71.2 Å². The number of aliphatic imine (C=N–C) groups is 1. The average Bonchev–Trinajstić information content (AvgIpc) is 3.82. The minimum absolute atomic E-state index is 0.0294. The van der Waals surface area contributed by atoms with Crippen LogP contribution in [-0.2, 0) is 11.8 Å². The van der Waals surface area contributed by atoms with Crippen molar-refractivity contribution < 1.29 is 0 Å². The molecule has 2 aromatic heterocycles. The molecule has 0 fully saturated rings. The van der Waals surface area contributed by atoms with Crippen LogP contribution in [-0.4, -0.2) is 15.0 Å². The Labute approximate surface area is 320 Å². The summed E-state index contributed by atoms with van der Waals surface area (Å²) in [4.78, 5) is 5.47. The van der Waals surface area contributed by atoms with Gasteiger partial charge in [-0.05, 0) is 93.5 Å². The van der Waals surface area contributed by atoms with Gasteiger partial charge in [0, 0.05) is 39.1 Å². The summed E-state index contributed by atoms with van der Waals surface area (Å²) in [5, 5.41) is 7.48. The van der Waals surface area contributed by atoms with E-state index >= 15 is 0 Å². The van der Waals surface area contributed by atoms with Crippen molar-refractivity contribution in [1.82, 2.24) is 9.13 Å². The highest BCUT2D eigenvalue weighted by atomic mass is 15.1. The molecule has 11 rings (SSSR count). The highest BCUT2D eigenvalue weighted by Gasteiger charge is 2.36. The maximum absolute atomic E-state index is 5.47. The van der Waals surface area contributed by atoms with Crippen LogP contribution in [0.1, 0.15) is 43.0 Å². The van der Waals surface area contributed by atoms with Gasteiger partial charge < -0.3 is 4.57 Å². The minimum Gasteiger partial charge on any atom is -0.309 e. The molecule has 0 spiro atoms. The van der Waals surface area contributed by atoms with Crippen molar-refractivity contribution in [3.05, 3.63) is 192 Å². The first-order valence-electron chi connectivity index (χ1n) is 19.3. The van der Waals surface area contributed by atoms with E-state index in [0.717, 1.165) is 34.7 Å². The van der Waals surface area contributed by atoms with Gasteiger partial charge in [-0.25, -0.2) is 4.99 Å². The minimum atomic E-state index is -0.0294. The lowest BCUT2D eigenvalue weighted by molar-refractivity contribution is 0.660. The van der Waals surface area contributed by atoms with Gasteiger partial charge in [0.15, 0.2) is 0 Å². The van der Waals surface area contributed by atoms with Crippen LogP contribution < -0.4 is 0 Å². The fraction of sp³-hybridized carbons (Fsp3) is 0.0962. The monoisotopic (exact) mass is 705 g/mol. The standard InChI is InChI=1S/C52H39N3/c1-33(53-45-24-11-5-16-35(45)31-36-17-14-23-44-50(36)41-21-7-10-22-43(41)52(44,2)3)54-48-30-28-37(32-42(48)51-38-18-6-4-15-34(38)27-29-49(51)54)55-46-25-12-8-19-39(46)40-20-9-13-26-47(40)55/h4-30,32H,31H2,1-3H3. The number of hydrogen-bond acceptors (Lipinski definition) is 1. The van der Waals surface area contributed by atoms with Crippen molar-refractivity contribution in [2.24, 2.45) is 4.99 Å². The van der Waals surface area contributed by atoms with Gasteiger partial charge in [0.25, 0.3) is 0 Å². The fourth-order valence-electron chi connectivity index (χ4n) is 9.64. The molecule has 262 valence electrons. The van der Waals surface area contributed by atoms with Gasteiger partial charge in [-0.1, -0.05) is 141 Å². The number of hydrogen-bond donors (Lipinski definition) is 0. The Hall–Kier alpha value is -6.71. The third-order valence-corrected chi connectivity index (χ3v) is 12.1. The van der Waals surface area contributed by atoms with Gasteiger partial charge in [0.2, 0.25) is 0 Å². The fourth-order valence-corrected chi connectivity index (χ4v) is 9.64. The summed E-state index contributed by atoms with van der Waals surface area (Å²) < 4.78 is 4.78. The zero-order valence-electron chi connectivity index (χ0n) is 31.2. The number of rotatable bonds is 4. The number of benzene rings is 8. The van der Waals surface area contributed by atoms with Crippen molar-refractivity contribution in [1.29, 1.82) is 0 Å². The van der Waals surface area contributed by atoms with Crippen LogP contribution in [0.3, 0.4) is 0 Å². The second-order valence-corrected chi connectivity index (χ2v) is 15.6. The molecular weight excluding hydrogens is 667 g/mol. The molecule has 0 bridgehead atoms. The topological polar surface area (TPSA) is 22.2 Å². The number of aromatic nitrogens is 2. The van der Waals surface area contributed by atoms with E-state index in [1.54, 1.807) is 0 Å². The Morgan fingerprint density at radius 2 is 1.16 bits per heavy atom. The van der Waals surface area contributed by atoms with E-state index in [0.29, 0.717) is 0 Å². The Morgan fingerprint density at radius 1 is 0.527 bits per heavy atom. The molecule has 1 aliphatic rings. The van der Waals surface area contributed by atoms with E-state index in [1.165, 1.54) is 76.7 Å². The molecule has 0 N–H and O–H groups in total. The van der Waals surface area contributed by atoms with Crippen molar-refractivity contribution in [2.75, 3.05) is 0 Å². The predicted octanol–water partition coefficient (Wildman–Crippen LogP) is 13.5. The van der Waals surface area contributed by atoms with E-state index in [-0.39, 0.29) is 5.41 Å². The first-order chi connectivity index (χ1) is 27.0. The molecule has 0 amide bonds. The van der Waals surface area contributed by atoms with E-state index < -0.39 is 0 Å². The van der Waals surface area contributed by atoms with E-state index in [2.05, 4.69) is 200 Å². The van der Waals surface area contributed by atoms with Crippen LogP contribution in [0.4, 0.5) is 5.69 Å². The van der Waals surface area contributed by atoms with Gasteiger partial charge in [-0.15, -0.1) is 0 Å². The molecule has 0 aliphatic heterocycles. The molecule has 55 heavy (non-hydrogen) atoms. The van der Waals surface area contributed by atoms with Crippen LogP contribution in [0.5, 0.6) is 0 Å². The Morgan fingerprint density at radius 3 is 1.98 bits per heavy atom. The summed E-state index contributed by atoms with van der Waals surface area (Å²) in [6.07, 6.45) is 0.806. The zero-order chi connectivity index (χ0) is 36.8. The van der Waals surface area contributed by atoms with E-state index in [9.17, 15) is 0 Å². The van der Waals surface area contributed by atoms with Crippen LogP contribution in [0, 0.1) is 0 Å². The summed E-state index contributed by atoms with van der Waals surface area (Å²) in [5.74, 6) is 0.942. The van der Waals surface area contributed by atoms with E-state index in [1.807, 2.05) is 0 Å². The lowest BCUT2D eigenvalue weighted by atomic mass is 9.82. The van der Waals surface area contributed by atoms with Crippen LogP contribution >= 0.6 is 0 Å². The molecule has 0 saturated heterocycles. The summed E-state index contributed by atoms with van der Waals surface area (Å²) in [6, 6.07) is 62.1. The second kappa shape index (κ2) is 11.9. The molecule has 0 radical (unpaired) electrons. The quantitative estimate of drug-likeness (QED) is 0.128. The second-order valence-electron chi connectivity index (χ2n) is 15.6. The van der Waals surface area contributed by atoms with Gasteiger partial charge in [-0.2, -0.15) is 0 Å². The number of para-hydroxylation sites is 3. The Kier molecular flexibility index (Phi) is 6.88. The molecule has 2 heterocycles. The van der Waals surface area contributed by atoms with E-state index in [4.69, 9.17) is 4.99 Å². The first kappa shape index (κ1) is 31.8. The molecule has 3 nitrogen and oxygen atoms in total. The molecule has 8 aromatic carbocycles. The third-order valence-electron chi connectivity index (χ3n) is 12.1. The predicted molar refractivity (Wildman–Crippen MR) is 233 cm³/mol. The van der Waals surface area contributed by atoms with Gasteiger partial charge in [0.1, 0.15) is 5.84 Å². The van der Waals surface area contributed by atoms with Gasteiger partial charge >= 0.3 is 0 Å². The lowest BCUT2D eigenvalue weighted by Crippen LogP contribution is -2.14. The molecule has 0 unspecified atom stereocenters. The summed E-state index contributed by atoms with van der Waals surface area (Å²) >= 11 is 0. The lowest BCUT2D eigenvalue weighted by Gasteiger charge is -2.21. The third kappa shape index (κ3) is 4.66. The zero-order valence-corrected chi connectivity index (χ0v) is 31.2. The van der Waals surface area contributed by atoms with Crippen molar-refractivity contribution in [2.45, 2.75) is 32.6 Å². The van der Waals surface area contributed by atoms with Crippen LogP contribution in [0.2, 0.25) is 0 Å². The summed E-state index contributed by atoms with van der Waals surface area (Å²) in [7, 11) is 0. The number of nitrogens with zero attached hydrogens (tertiary/aromatic N) is 3. The van der Waals surface area contributed by atoms with Gasteiger partial charge in [-0.3, -0.25) is 4.57 Å². The van der Waals surface area contributed by atoms with Crippen molar-refractivity contribution >= 4 is 65.9 Å². The molecule has 0 saturated carbocycles. The highest BCUT2D eigenvalue weighted by molar-refractivity contribution is 6.24. The normalized spacial score (nSPS) is 13.7. The molecular formula is C52H39N3. The first-order valence-corrected chi connectivity index (χ1v) is 19.3. The average molecular weight is 706 g/mol. The largest absolute Gasteiger partial charge is 0.309 e. The molecule has 0 atom stereocenters. The number of fused-ring (bicyclic) bond motifs is 11.